The molecule has 17 unspecified atom stereocenters. The molecule has 31 heteroatoms. The Labute approximate surface area is 560 Å². The largest absolute Gasteiger partial charge is 0.479 e. The summed E-state index contributed by atoms with van der Waals surface area (Å²) in [6.45, 7) is 12.2. The van der Waals surface area contributed by atoms with E-state index in [-0.39, 0.29) is 30.4 Å². The highest BCUT2D eigenvalue weighted by molar-refractivity contribution is 5.78. The number of unbranched alkanes of at least 4 members (excludes halogenated alkanes) is 4. The molecule has 0 spiro atoms. The molecule has 0 aromatic carbocycles. The molecule has 0 radical (unpaired) electrons. The summed E-state index contributed by atoms with van der Waals surface area (Å²) < 4.78 is 61.5. The van der Waals surface area contributed by atoms with Crippen molar-refractivity contribution in [1.29, 1.82) is 0 Å². The summed E-state index contributed by atoms with van der Waals surface area (Å²) in [6, 6.07) is -4.83. The quantitative estimate of drug-likeness (QED) is 0.0320. The molecule has 548 valence electrons. The van der Waals surface area contributed by atoms with Gasteiger partial charge >= 0.3 is 5.97 Å². The fourth-order valence-electron chi connectivity index (χ4n) is 12.9. The van der Waals surface area contributed by atoms with Gasteiger partial charge in [0.1, 0.15) is 84.8 Å². The summed E-state index contributed by atoms with van der Waals surface area (Å²) in [7, 11) is 0. The van der Waals surface area contributed by atoms with Gasteiger partial charge in [-0.15, -0.1) is 5.73 Å². The van der Waals surface area contributed by atoms with E-state index in [1.54, 1.807) is 0 Å². The van der Waals surface area contributed by atoms with E-state index in [2.05, 4.69) is 58.3 Å². The van der Waals surface area contributed by atoms with Crippen molar-refractivity contribution in [3.05, 3.63) is 29.4 Å². The highest BCUT2D eigenvalue weighted by Crippen LogP contribution is 2.41. The van der Waals surface area contributed by atoms with Crippen LogP contribution in [0.3, 0.4) is 0 Å². The summed E-state index contributed by atoms with van der Waals surface area (Å²) in [4.78, 5) is 78.1. The lowest BCUT2D eigenvalue weighted by Gasteiger charge is -2.50. The van der Waals surface area contributed by atoms with E-state index >= 15 is 0 Å². The van der Waals surface area contributed by atoms with Gasteiger partial charge in [0.2, 0.25) is 42.1 Å². The standard InChI is InChI=1S/C65H107N5O26/c1-10-11-29-64(8,39-25-19-16-14-12-13-15-17-20-26-39)70-42(76)28-22-21-27-41(75)66-30-23-18-24-31-87-59-44(68-37(6)73)53(47(78)34(3)88-59)93-61-45(69-38(7)74)54(52(35(4)90-61)92-62-51(82)50(81)48(79)40(32-71)91-62)94-63-55(56(83)65(9,86)57(96-63)58(84)85)95-60-43(67-36(5)72)49(80)46(77)33(2)89-60/h14,19,33-35,39-40,43-51,53,55-57,59-63,71,77-83,86H,10-13,15,17-18,20-32H2,1-9H3,(H,66,75)(H,67,72)(H,68,73)(H,69,74)(H,70,76)(H,84,85)/t16?,33?,34?,35?,39?,40?,43?,44?,45?,46-,47-,48-,49?,50?,51?,53?,55?,56?,57?,59-,60+,61+,62+,63-,64?,65?/m1/s1. The minimum Gasteiger partial charge on any atom is -0.479 e. The fourth-order valence-corrected chi connectivity index (χ4v) is 12.9. The van der Waals surface area contributed by atoms with Crippen molar-refractivity contribution in [3.8, 4) is 0 Å². The molecule has 4 saturated heterocycles. The Bertz CT molecular complexity index is 2630. The van der Waals surface area contributed by atoms with Crippen LogP contribution in [0.1, 0.15) is 171 Å². The SMILES string of the molecule is CCCCC(C)(NC(=O)CCCCC(=O)NCCCCCO[C@@H]1OC(C)[C@@H](O)C(O[C@@H]2OC(C)C(O[C@@H]3OC(CO)[C@@H](O)C(O)C3O)=C(O[C@@H]3OC(C(=O)O)C(C)(O)C(O)C3O[C@@H]3OC(C)[C@@H](O)C(O)C3NC(C)=O)C2NC(C)=O)C1NC(C)=O)C1CC=C=CCCCCCC1. The number of rotatable bonds is 30. The average Bonchev–Trinajstić information content (AvgIpc) is 0.755. The lowest BCUT2D eigenvalue weighted by Crippen LogP contribution is -2.70. The Hall–Kier alpha value is -5.00. The minimum absolute atomic E-state index is 0.0117. The summed E-state index contributed by atoms with van der Waals surface area (Å²) in [6.07, 6.45) is -16.2. The van der Waals surface area contributed by atoms with Crippen LogP contribution in [0.25, 0.3) is 0 Å². The van der Waals surface area contributed by atoms with Gasteiger partial charge in [-0.3, -0.25) is 24.0 Å². The molecule has 0 aromatic rings. The van der Waals surface area contributed by atoms with Gasteiger partial charge in [0.15, 0.2) is 42.6 Å². The van der Waals surface area contributed by atoms with Crippen LogP contribution in [-0.4, -0.2) is 253 Å². The van der Waals surface area contributed by atoms with Crippen LogP contribution in [0.2, 0.25) is 0 Å². The van der Waals surface area contributed by atoms with Crippen LogP contribution < -0.4 is 26.6 Å². The van der Waals surface area contributed by atoms with E-state index in [1.165, 1.54) is 40.5 Å². The van der Waals surface area contributed by atoms with Crippen LogP contribution in [0, 0.1) is 5.92 Å². The molecule has 1 aliphatic carbocycles. The number of aliphatic carboxylic acids is 1. The van der Waals surface area contributed by atoms with Crippen molar-refractivity contribution in [3.63, 3.8) is 0 Å². The van der Waals surface area contributed by atoms with Crippen LogP contribution in [0.5, 0.6) is 0 Å². The number of aliphatic hydroxyl groups is 9. The highest BCUT2D eigenvalue weighted by atomic mass is 16.8. The van der Waals surface area contributed by atoms with Gasteiger partial charge < -0.3 is 125 Å². The Balaban J connectivity index is 1.17. The molecule has 5 heterocycles. The third-order valence-electron chi connectivity index (χ3n) is 18.5. The first-order valence-corrected chi connectivity index (χ1v) is 33.8. The Kier molecular flexibility index (Phi) is 31.2. The van der Waals surface area contributed by atoms with Gasteiger partial charge in [0.25, 0.3) is 0 Å². The van der Waals surface area contributed by atoms with Crippen molar-refractivity contribution < 1.29 is 127 Å². The van der Waals surface area contributed by atoms with Crippen LogP contribution in [-0.2, 0) is 76.1 Å². The number of aliphatic hydroxyl groups excluding tert-OH is 8. The molecule has 5 amide bonds. The molecule has 0 saturated carbocycles. The molecule has 31 nitrogen and oxygen atoms in total. The minimum atomic E-state index is -2.75. The Morgan fingerprint density at radius 2 is 1.28 bits per heavy atom. The van der Waals surface area contributed by atoms with Gasteiger partial charge in [0, 0.05) is 52.3 Å². The molecular weight excluding hydrogens is 1270 g/mol. The smallest absolute Gasteiger partial charge is 0.336 e. The van der Waals surface area contributed by atoms with Crippen molar-refractivity contribution >= 4 is 35.5 Å². The first-order chi connectivity index (χ1) is 45.4. The normalized spacial score (nSPS) is 37.5. The predicted octanol–water partition coefficient (Wildman–Crippen LogP) is -0.445. The van der Waals surface area contributed by atoms with E-state index in [0.29, 0.717) is 51.0 Å². The summed E-state index contributed by atoms with van der Waals surface area (Å²) in [5, 5.41) is 125. The Morgan fingerprint density at radius 3 is 1.95 bits per heavy atom. The second-order valence-electron chi connectivity index (χ2n) is 26.5. The maximum absolute atomic E-state index is 13.4. The van der Waals surface area contributed by atoms with Crippen molar-refractivity contribution in [2.75, 3.05) is 19.8 Å². The maximum Gasteiger partial charge on any atom is 0.336 e. The highest BCUT2D eigenvalue weighted by Gasteiger charge is 2.60. The lowest BCUT2D eigenvalue weighted by molar-refractivity contribution is -0.361. The van der Waals surface area contributed by atoms with Gasteiger partial charge in [-0.2, -0.15) is 0 Å². The van der Waals surface area contributed by atoms with Crippen LogP contribution in [0.15, 0.2) is 29.4 Å². The maximum atomic E-state index is 13.4. The van der Waals surface area contributed by atoms with E-state index in [0.717, 1.165) is 72.1 Å². The van der Waals surface area contributed by atoms with Gasteiger partial charge in [-0.05, 0) is 117 Å². The molecule has 96 heavy (non-hydrogen) atoms. The topological polar surface area (TPSA) is 457 Å². The molecule has 0 bridgehead atoms. The molecule has 6 aliphatic rings. The zero-order valence-electron chi connectivity index (χ0n) is 56.6. The predicted molar refractivity (Wildman–Crippen MR) is 335 cm³/mol. The van der Waals surface area contributed by atoms with Gasteiger partial charge in [-0.25, -0.2) is 4.79 Å². The van der Waals surface area contributed by atoms with Crippen LogP contribution in [0.4, 0.5) is 0 Å². The molecule has 0 aromatic heterocycles. The second-order valence-corrected chi connectivity index (χ2v) is 26.5. The van der Waals surface area contributed by atoms with Crippen molar-refractivity contribution in [2.24, 2.45) is 5.92 Å². The number of carbonyl (C=O) groups is 6. The van der Waals surface area contributed by atoms with E-state index in [9.17, 15) is 79.8 Å². The lowest BCUT2D eigenvalue weighted by atomic mass is 9.76. The third-order valence-corrected chi connectivity index (χ3v) is 18.5. The number of hydrogen-bond donors (Lipinski definition) is 15. The number of carbonyl (C=O) groups excluding carboxylic acids is 5. The number of hydrogen-bond acceptors (Lipinski definition) is 25. The van der Waals surface area contributed by atoms with Crippen molar-refractivity contribution in [1.82, 2.24) is 26.6 Å². The summed E-state index contributed by atoms with van der Waals surface area (Å²) >= 11 is 0. The number of allylic oxidation sites excluding steroid dienone is 1. The fraction of sp³-hybridized carbons (Fsp3) is 0.831. The molecular formula is C65H107N5O26. The van der Waals surface area contributed by atoms with Gasteiger partial charge in [-0.1, -0.05) is 39.0 Å². The zero-order valence-corrected chi connectivity index (χ0v) is 56.6. The molecule has 5 aliphatic heterocycles. The number of amides is 5. The first-order valence-electron chi connectivity index (χ1n) is 33.8. The third kappa shape index (κ3) is 21.5. The van der Waals surface area contributed by atoms with Crippen LogP contribution >= 0.6 is 0 Å². The van der Waals surface area contributed by atoms with Crippen molar-refractivity contribution in [2.45, 2.75) is 318 Å². The summed E-state index contributed by atoms with van der Waals surface area (Å²) in [5.74, 6) is -5.17. The van der Waals surface area contributed by atoms with E-state index < -0.39 is 182 Å². The first kappa shape index (κ1) is 80.0. The monoisotopic (exact) mass is 1370 g/mol. The number of nitrogens with one attached hydrogen (secondary N) is 5. The number of carboxylic acid groups (broad SMARTS) is 1. The average molecular weight is 1370 g/mol. The number of ether oxygens (including phenoxy) is 10. The number of carboxylic acids is 1. The van der Waals surface area contributed by atoms with E-state index in [4.69, 9.17) is 47.4 Å². The molecule has 15 N–H and O–H groups in total. The second kappa shape index (κ2) is 37.4. The Morgan fingerprint density at radius 1 is 0.646 bits per heavy atom. The zero-order chi connectivity index (χ0) is 70.8. The summed E-state index contributed by atoms with van der Waals surface area (Å²) in [5.41, 5.74) is 0.251. The molecule has 6 rings (SSSR count). The molecule has 25 atom stereocenters. The molecule has 4 fully saturated rings. The van der Waals surface area contributed by atoms with E-state index in [1.807, 2.05) is 0 Å². The van der Waals surface area contributed by atoms with Gasteiger partial charge in [0.05, 0.1) is 18.8 Å².